The second kappa shape index (κ2) is 5.50. The predicted molar refractivity (Wildman–Crippen MR) is 62.9 cm³/mol. The average molecular weight is 209 g/mol. The highest BCUT2D eigenvalue weighted by molar-refractivity contribution is 5.46. The maximum Gasteiger partial charge on any atom is 0.146 e. The summed E-state index contributed by atoms with van der Waals surface area (Å²) in [6.07, 6.45) is 1.95. The van der Waals surface area contributed by atoms with Crippen LogP contribution in [0.3, 0.4) is 0 Å². The van der Waals surface area contributed by atoms with Gasteiger partial charge in [-0.15, -0.1) is 0 Å². The van der Waals surface area contributed by atoms with Gasteiger partial charge < -0.3 is 10.7 Å². The first-order valence-corrected chi connectivity index (χ1v) is 5.15. The molecule has 84 valence electrons. The van der Waals surface area contributed by atoms with Gasteiger partial charge in [-0.05, 0) is 6.42 Å². The zero-order chi connectivity index (χ0) is 11.3. The topological polar surface area (TPSA) is 53.1 Å². The molecule has 0 bridgehead atoms. The largest absolute Gasteiger partial charge is 0.373 e. The standard InChI is InChI=1S/C10H19N5/c1-5-6-8-12-9(11-2)7-10(13-8)14-15(3)4/h7H,5-6H2,1-4H3,(H2,11,12,13,14). The van der Waals surface area contributed by atoms with Gasteiger partial charge >= 0.3 is 0 Å². The Balaban J connectivity index is 2.89. The molecule has 0 amide bonds. The molecule has 1 heterocycles. The Kier molecular flexibility index (Phi) is 4.30. The number of rotatable bonds is 5. The Morgan fingerprint density at radius 1 is 1.27 bits per heavy atom. The van der Waals surface area contributed by atoms with Crippen molar-refractivity contribution in [2.75, 3.05) is 31.9 Å². The zero-order valence-corrected chi connectivity index (χ0v) is 9.83. The number of nitrogens with zero attached hydrogens (tertiary/aromatic N) is 3. The molecule has 0 atom stereocenters. The van der Waals surface area contributed by atoms with E-state index in [-0.39, 0.29) is 0 Å². The van der Waals surface area contributed by atoms with Crippen molar-refractivity contribution >= 4 is 11.6 Å². The van der Waals surface area contributed by atoms with Crippen LogP contribution in [0.1, 0.15) is 19.2 Å². The minimum absolute atomic E-state index is 0.822. The maximum atomic E-state index is 4.41. The fraction of sp³-hybridized carbons (Fsp3) is 0.600. The van der Waals surface area contributed by atoms with Gasteiger partial charge in [-0.1, -0.05) is 6.92 Å². The highest BCUT2D eigenvalue weighted by Crippen LogP contribution is 2.11. The average Bonchev–Trinajstić information content (AvgIpc) is 2.16. The monoisotopic (exact) mass is 209 g/mol. The third-order valence-corrected chi connectivity index (χ3v) is 1.84. The molecule has 0 fully saturated rings. The molecule has 1 aromatic rings. The third-order valence-electron chi connectivity index (χ3n) is 1.84. The second-order valence-electron chi connectivity index (χ2n) is 3.56. The maximum absolute atomic E-state index is 4.41. The lowest BCUT2D eigenvalue weighted by Gasteiger charge is -2.14. The number of hydrogen-bond donors (Lipinski definition) is 2. The van der Waals surface area contributed by atoms with Crippen molar-refractivity contribution in [1.29, 1.82) is 0 Å². The summed E-state index contributed by atoms with van der Waals surface area (Å²) in [5, 5.41) is 4.89. The highest BCUT2D eigenvalue weighted by atomic mass is 15.5. The number of anilines is 2. The molecule has 0 saturated heterocycles. The SMILES string of the molecule is CCCc1nc(NC)cc(NN(C)C)n1. The van der Waals surface area contributed by atoms with E-state index in [1.165, 1.54) is 0 Å². The first-order valence-electron chi connectivity index (χ1n) is 5.15. The molecule has 0 saturated carbocycles. The minimum Gasteiger partial charge on any atom is -0.373 e. The summed E-state index contributed by atoms with van der Waals surface area (Å²) in [6, 6.07) is 1.89. The Morgan fingerprint density at radius 2 is 1.93 bits per heavy atom. The summed E-state index contributed by atoms with van der Waals surface area (Å²) in [6.45, 7) is 2.12. The molecule has 5 heteroatoms. The molecule has 5 nitrogen and oxygen atoms in total. The van der Waals surface area contributed by atoms with Gasteiger partial charge in [0.2, 0.25) is 0 Å². The molecule has 0 aliphatic heterocycles. The van der Waals surface area contributed by atoms with Crippen LogP contribution in [0.5, 0.6) is 0 Å². The second-order valence-corrected chi connectivity index (χ2v) is 3.56. The van der Waals surface area contributed by atoms with Crippen molar-refractivity contribution in [2.24, 2.45) is 0 Å². The molecule has 1 aromatic heterocycles. The highest BCUT2D eigenvalue weighted by Gasteiger charge is 2.03. The summed E-state index contributed by atoms with van der Waals surface area (Å²) in [7, 11) is 5.72. The predicted octanol–water partition coefficient (Wildman–Crippen LogP) is 1.36. The zero-order valence-electron chi connectivity index (χ0n) is 9.83. The van der Waals surface area contributed by atoms with E-state index in [0.717, 1.165) is 30.3 Å². The molecule has 0 aliphatic rings. The first-order chi connectivity index (χ1) is 7.15. The van der Waals surface area contributed by atoms with Crippen LogP contribution in [0.15, 0.2) is 6.07 Å². The summed E-state index contributed by atoms with van der Waals surface area (Å²) >= 11 is 0. The van der Waals surface area contributed by atoms with Gasteiger partial charge in [-0.25, -0.2) is 15.0 Å². The van der Waals surface area contributed by atoms with Crippen LogP contribution in [0, 0.1) is 0 Å². The molecule has 0 aliphatic carbocycles. The molecule has 0 aromatic carbocycles. The quantitative estimate of drug-likeness (QED) is 0.717. The van der Waals surface area contributed by atoms with E-state index in [1.54, 1.807) is 0 Å². The first kappa shape index (κ1) is 11.7. The Morgan fingerprint density at radius 3 is 2.47 bits per heavy atom. The fourth-order valence-corrected chi connectivity index (χ4v) is 1.25. The van der Waals surface area contributed by atoms with Crippen molar-refractivity contribution in [3.63, 3.8) is 0 Å². The van der Waals surface area contributed by atoms with Crippen molar-refractivity contribution in [3.8, 4) is 0 Å². The molecule has 0 radical (unpaired) electrons. The van der Waals surface area contributed by atoms with E-state index in [9.17, 15) is 0 Å². The summed E-state index contributed by atoms with van der Waals surface area (Å²) in [5.41, 5.74) is 3.12. The number of hydrazine groups is 1. The summed E-state index contributed by atoms with van der Waals surface area (Å²) in [5.74, 6) is 2.54. The van der Waals surface area contributed by atoms with Crippen molar-refractivity contribution in [2.45, 2.75) is 19.8 Å². The number of aromatic nitrogens is 2. The number of nitrogens with one attached hydrogen (secondary N) is 2. The molecule has 0 unspecified atom stereocenters. The van der Waals surface area contributed by atoms with Gasteiger partial charge in [0.1, 0.15) is 17.5 Å². The van der Waals surface area contributed by atoms with E-state index in [1.807, 2.05) is 32.2 Å². The van der Waals surface area contributed by atoms with Crippen LogP contribution in [0.4, 0.5) is 11.6 Å². The Labute approximate surface area is 90.9 Å². The molecular weight excluding hydrogens is 190 g/mol. The third kappa shape index (κ3) is 3.71. The summed E-state index contributed by atoms with van der Waals surface area (Å²) < 4.78 is 0. The van der Waals surface area contributed by atoms with Crippen molar-refractivity contribution < 1.29 is 0 Å². The fourth-order valence-electron chi connectivity index (χ4n) is 1.25. The van der Waals surface area contributed by atoms with Crippen molar-refractivity contribution in [1.82, 2.24) is 15.0 Å². The molecule has 2 N–H and O–H groups in total. The van der Waals surface area contributed by atoms with E-state index in [2.05, 4.69) is 27.6 Å². The number of aryl methyl sites for hydroxylation is 1. The molecular formula is C10H19N5. The van der Waals surface area contributed by atoms with Gasteiger partial charge in [0.15, 0.2) is 0 Å². The van der Waals surface area contributed by atoms with Crippen LogP contribution in [0.25, 0.3) is 0 Å². The van der Waals surface area contributed by atoms with Gasteiger partial charge in [-0.3, -0.25) is 0 Å². The number of hydrogen-bond acceptors (Lipinski definition) is 5. The molecule has 0 spiro atoms. The molecule has 15 heavy (non-hydrogen) atoms. The van der Waals surface area contributed by atoms with Gasteiger partial charge in [0, 0.05) is 33.6 Å². The van der Waals surface area contributed by atoms with Crippen molar-refractivity contribution in [3.05, 3.63) is 11.9 Å². The van der Waals surface area contributed by atoms with E-state index in [4.69, 9.17) is 0 Å². The van der Waals surface area contributed by atoms with Crippen LogP contribution in [0.2, 0.25) is 0 Å². The lowest BCUT2D eigenvalue weighted by molar-refractivity contribution is 0.491. The lowest BCUT2D eigenvalue weighted by atomic mass is 10.3. The van der Waals surface area contributed by atoms with Gasteiger partial charge in [0.25, 0.3) is 0 Å². The van der Waals surface area contributed by atoms with E-state index >= 15 is 0 Å². The lowest BCUT2D eigenvalue weighted by Crippen LogP contribution is -2.21. The minimum atomic E-state index is 0.822. The molecule has 1 rings (SSSR count). The normalized spacial score (nSPS) is 10.5. The van der Waals surface area contributed by atoms with Gasteiger partial charge in [-0.2, -0.15) is 0 Å². The van der Waals surface area contributed by atoms with Crippen LogP contribution in [-0.4, -0.2) is 36.1 Å². The van der Waals surface area contributed by atoms with Crippen LogP contribution in [-0.2, 0) is 6.42 Å². The van der Waals surface area contributed by atoms with Crippen LogP contribution >= 0.6 is 0 Å². The van der Waals surface area contributed by atoms with Gasteiger partial charge in [0.05, 0.1) is 0 Å². The van der Waals surface area contributed by atoms with E-state index in [0.29, 0.717) is 0 Å². The van der Waals surface area contributed by atoms with Crippen LogP contribution < -0.4 is 10.7 Å². The van der Waals surface area contributed by atoms with E-state index < -0.39 is 0 Å². The Hall–Kier alpha value is -1.36. The Bertz CT molecular complexity index is 311. The summed E-state index contributed by atoms with van der Waals surface area (Å²) in [4.78, 5) is 8.78. The smallest absolute Gasteiger partial charge is 0.146 e.